The molecule has 0 amide bonds. The fourth-order valence-corrected chi connectivity index (χ4v) is 3.07. The summed E-state index contributed by atoms with van der Waals surface area (Å²) in [5, 5.41) is 8.86. The van der Waals surface area contributed by atoms with E-state index in [9.17, 15) is 4.79 Å². The van der Waals surface area contributed by atoms with Gasteiger partial charge >= 0.3 is 0 Å². The molecule has 1 rings (SSSR count). The summed E-state index contributed by atoms with van der Waals surface area (Å²) in [6.07, 6.45) is 0. The zero-order valence-corrected chi connectivity index (χ0v) is 11.1. The SMILES string of the molecule is CC(CO)SCC(=O)c1cc(Cl)sc1Cl. The van der Waals surface area contributed by atoms with E-state index in [1.807, 2.05) is 6.92 Å². The van der Waals surface area contributed by atoms with Crippen LogP contribution in [0.5, 0.6) is 0 Å². The third kappa shape index (κ3) is 3.96. The zero-order chi connectivity index (χ0) is 11.4. The maximum absolute atomic E-state index is 11.7. The van der Waals surface area contributed by atoms with Gasteiger partial charge in [0.2, 0.25) is 0 Å². The van der Waals surface area contributed by atoms with E-state index in [-0.39, 0.29) is 17.6 Å². The van der Waals surface area contributed by atoms with Crippen LogP contribution in [0.1, 0.15) is 17.3 Å². The molecule has 1 N–H and O–H groups in total. The van der Waals surface area contributed by atoms with Crippen LogP contribution < -0.4 is 0 Å². The Hall–Kier alpha value is 0.260. The van der Waals surface area contributed by atoms with Gasteiger partial charge < -0.3 is 5.11 Å². The Kier molecular flexibility index (Phi) is 5.43. The molecule has 6 heteroatoms. The van der Waals surface area contributed by atoms with Crippen LogP contribution >= 0.6 is 46.3 Å². The van der Waals surface area contributed by atoms with Crippen LogP contribution in [0.15, 0.2) is 6.07 Å². The fraction of sp³-hybridized carbons (Fsp3) is 0.444. The predicted molar refractivity (Wildman–Crippen MR) is 67.7 cm³/mol. The molecule has 0 saturated heterocycles. The molecule has 1 unspecified atom stereocenters. The van der Waals surface area contributed by atoms with E-state index < -0.39 is 0 Å². The van der Waals surface area contributed by atoms with Gasteiger partial charge in [0, 0.05) is 10.8 Å². The molecule has 0 spiro atoms. The number of halogens is 2. The molecule has 0 radical (unpaired) electrons. The highest BCUT2D eigenvalue weighted by molar-refractivity contribution is 8.00. The lowest BCUT2D eigenvalue weighted by molar-refractivity contribution is 0.102. The van der Waals surface area contributed by atoms with Crippen molar-refractivity contribution in [3.05, 3.63) is 20.3 Å². The first-order chi connectivity index (χ1) is 7.04. The minimum atomic E-state index is -0.0477. The number of hydrogen-bond acceptors (Lipinski definition) is 4. The highest BCUT2D eigenvalue weighted by Crippen LogP contribution is 2.32. The van der Waals surface area contributed by atoms with Crippen LogP contribution in [-0.2, 0) is 0 Å². The van der Waals surface area contributed by atoms with Gasteiger partial charge in [0.15, 0.2) is 5.78 Å². The van der Waals surface area contributed by atoms with Crippen molar-refractivity contribution < 1.29 is 9.90 Å². The van der Waals surface area contributed by atoms with Crippen molar-refractivity contribution in [2.24, 2.45) is 0 Å². The van der Waals surface area contributed by atoms with Crippen LogP contribution in [0.25, 0.3) is 0 Å². The molecule has 1 atom stereocenters. The quantitative estimate of drug-likeness (QED) is 0.843. The molecule has 0 aliphatic rings. The van der Waals surface area contributed by atoms with Crippen molar-refractivity contribution in [1.29, 1.82) is 0 Å². The topological polar surface area (TPSA) is 37.3 Å². The second kappa shape index (κ2) is 6.11. The summed E-state index contributed by atoms with van der Waals surface area (Å²) >= 11 is 14.2. The Labute approximate surface area is 107 Å². The van der Waals surface area contributed by atoms with E-state index in [0.717, 1.165) is 0 Å². The molecule has 15 heavy (non-hydrogen) atoms. The van der Waals surface area contributed by atoms with Gasteiger partial charge in [-0.15, -0.1) is 23.1 Å². The van der Waals surface area contributed by atoms with Crippen LogP contribution in [0.2, 0.25) is 8.67 Å². The average Bonchev–Trinajstić information content (AvgIpc) is 2.53. The summed E-state index contributed by atoms with van der Waals surface area (Å²) in [7, 11) is 0. The lowest BCUT2D eigenvalue weighted by Crippen LogP contribution is -2.08. The molecule has 1 aromatic rings. The number of thiophene rings is 1. The second-order valence-corrected chi connectivity index (χ2v) is 6.68. The van der Waals surface area contributed by atoms with E-state index >= 15 is 0 Å². The van der Waals surface area contributed by atoms with Gasteiger partial charge in [0.25, 0.3) is 0 Å². The van der Waals surface area contributed by atoms with Crippen LogP contribution in [0.3, 0.4) is 0 Å². The van der Waals surface area contributed by atoms with Crippen molar-refractivity contribution in [2.45, 2.75) is 12.2 Å². The number of Topliss-reactive ketones (excluding diaryl/α,β-unsaturated/α-hetero) is 1. The third-order valence-electron chi connectivity index (χ3n) is 1.71. The minimum absolute atomic E-state index is 0.0477. The monoisotopic (exact) mass is 284 g/mol. The summed E-state index contributed by atoms with van der Waals surface area (Å²) in [6.45, 7) is 1.93. The highest BCUT2D eigenvalue weighted by atomic mass is 35.5. The Morgan fingerprint density at radius 2 is 2.33 bits per heavy atom. The first-order valence-corrected chi connectivity index (χ1v) is 6.87. The maximum Gasteiger partial charge on any atom is 0.175 e. The summed E-state index contributed by atoms with van der Waals surface area (Å²) in [5.41, 5.74) is 0.476. The van der Waals surface area contributed by atoms with Gasteiger partial charge in [-0.1, -0.05) is 30.1 Å². The van der Waals surface area contributed by atoms with Crippen molar-refractivity contribution >= 4 is 52.1 Å². The lowest BCUT2D eigenvalue weighted by Gasteiger charge is -2.05. The molecule has 0 saturated carbocycles. The van der Waals surface area contributed by atoms with Gasteiger partial charge in [-0.3, -0.25) is 4.79 Å². The number of ketones is 1. The number of aliphatic hydroxyl groups is 1. The summed E-state index contributed by atoms with van der Waals surface area (Å²) in [5.74, 6) is 0.266. The van der Waals surface area contributed by atoms with E-state index in [0.29, 0.717) is 20.0 Å². The summed E-state index contributed by atoms with van der Waals surface area (Å²) in [6, 6.07) is 1.58. The normalized spacial score (nSPS) is 12.8. The minimum Gasteiger partial charge on any atom is -0.395 e. The first-order valence-electron chi connectivity index (χ1n) is 4.25. The van der Waals surface area contributed by atoms with Gasteiger partial charge in [-0.25, -0.2) is 0 Å². The zero-order valence-electron chi connectivity index (χ0n) is 8.00. The molecule has 1 heterocycles. The van der Waals surface area contributed by atoms with Crippen molar-refractivity contribution in [3.63, 3.8) is 0 Å². The Morgan fingerprint density at radius 3 is 2.80 bits per heavy atom. The largest absolute Gasteiger partial charge is 0.395 e. The summed E-state index contributed by atoms with van der Waals surface area (Å²) in [4.78, 5) is 11.7. The molecule has 0 aliphatic carbocycles. The van der Waals surface area contributed by atoms with Crippen LogP contribution in [0.4, 0.5) is 0 Å². The second-order valence-electron chi connectivity index (χ2n) is 2.97. The smallest absolute Gasteiger partial charge is 0.175 e. The van der Waals surface area contributed by atoms with Gasteiger partial charge in [-0.2, -0.15) is 0 Å². The number of thioether (sulfide) groups is 1. The first kappa shape index (κ1) is 13.3. The molecule has 1 aromatic heterocycles. The molecular formula is C9H10Cl2O2S2. The number of carbonyl (C=O) groups excluding carboxylic acids is 1. The Balaban J connectivity index is 2.58. The number of hydrogen-bond donors (Lipinski definition) is 1. The van der Waals surface area contributed by atoms with Crippen molar-refractivity contribution in [3.8, 4) is 0 Å². The van der Waals surface area contributed by atoms with Gasteiger partial charge in [-0.05, 0) is 6.07 Å². The molecule has 0 aliphatic heterocycles. The van der Waals surface area contributed by atoms with Crippen molar-refractivity contribution in [1.82, 2.24) is 0 Å². The molecule has 84 valence electrons. The standard InChI is InChI=1S/C9H10Cl2O2S2/c1-5(3-12)14-4-7(13)6-2-8(10)15-9(6)11/h2,5,12H,3-4H2,1H3. The Morgan fingerprint density at radius 1 is 1.67 bits per heavy atom. The highest BCUT2D eigenvalue weighted by Gasteiger charge is 2.15. The van der Waals surface area contributed by atoms with Crippen LogP contribution in [0, 0.1) is 0 Å². The Bertz CT molecular complexity index is 352. The van der Waals surface area contributed by atoms with E-state index in [2.05, 4.69) is 0 Å². The molecule has 0 bridgehead atoms. The number of aliphatic hydroxyl groups excluding tert-OH is 1. The lowest BCUT2D eigenvalue weighted by atomic mass is 10.2. The van der Waals surface area contributed by atoms with E-state index in [1.165, 1.54) is 23.1 Å². The molecule has 0 fully saturated rings. The average molecular weight is 285 g/mol. The number of carbonyl (C=O) groups is 1. The maximum atomic E-state index is 11.7. The van der Waals surface area contributed by atoms with E-state index in [1.54, 1.807) is 6.07 Å². The fourth-order valence-electron chi connectivity index (χ4n) is 0.879. The molecule has 2 nitrogen and oxygen atoms in total. The van der Waals surface area contributed by atoms with E-state index in [4.69, 9.17) is 28.3 Å². The van der Waals surface area contributed by atoms with Crippen LogP contribution in [-0.4, -0.2) is 28.5 Å². The molecular weight excluding hydrogens is 275 g/mol. The van der Waals surface area contributed by atoms with Gasteiger partial charge in [0.05, 0.1) is 16.7 Å². The molecule has 0 aromatic carbocycles. The van der Waals surface area contributed by atoms with Crippen molar-refractivity contribution in [2.75, 3.05) is 12.4 Å². The number of rotatable bonds is 5. The predicted octanol–water partition coefficient (Wildman–Crippen LogP) is 3.35. The third-order valence-corrected chi connectivity index (χ3v) is 4.35. The van der Waals surface area contributed by atoms with Gasteiger partial charge in [0.1, 0.15) is 4.34 Å². The summed E-state index contributed by atoms with van der Waals surface area (Å²) < 4.78 is 0.950.